The minimum absolute atomic E-state index is 0.00167. The van der Waals surface area contributed by atoms with Crippen molar-refractivity contribution in [3.8, 4) is 0 Å². The number of benzene rings is 1. The normalized spacial score (nSPS) is 15.6. The lowest BCUT2D eigenvalue weighted by atomic mass is 9.82. The molecule has 1 aromatic carbocycles. The number of halogens is 2. The molecule has 0 fully saturated rings. The van der Waals surface area contributed by atoms with Crippen LogP contribution in [-0.4, -0.2) is 19.9 Å². The maximum absolute atomic E-state index is 14.0. The van der Waals surface area contributed by atoms with Crippen molar-refractivity contribution in [1.82, 2.24) is 14.8 Å². The lowest BCUT2D eigenvalue weighted by Gasteiger charge is -2.33. The molecule has 106 valence electrons. The average molecular weight is 279 g/mol. The summed E-state index contributed by atoms with van der Waals surface area (Å²) >= 11 is 0. The zero-order valence-electron chi connectivity index (χ0n) is 11.0. The maximum Gasteiger partial charge on any atom is 0.137 e. The molecule has 0 bridgehead atoms. The van der Waals surface area contributed by atoms with Crippen molar-refractivity contribution in [2.45, 2.75) is 19.1 Å². The van der Waals surface area contributed by atoms with Crippen molar-refractivity contribution < 1.29 is 13.9 Å². The van der Waals surface area contributed by atoms with Gasteiger partial charge in [-0.3, -0.25) is 0 Å². The average Bonchev–Trinajstić information content (AvgIpc) is 2.90. The molecule has 2 aromatic rings. The Bertz CT molecular complexity index is 600. The van der Waals surface area contributed by atoms with Gasteiger partial charge < -0.3 is 5.11 Å². The summed E-state index contributed by atoms with van der Waals surface area (Å²) in [5, 5.41) is 14.8. The minimum Gasteiger partial charge on any atom is -0.382 e. The Morgan fingerprint density at radius 2 is 2.25 bits per heavy atom. The predicted octanol–water partition coefficient (Wildman–Crippen LogP) is 2.27. The van der Waals surface area contributed by atoms with E-state index in [1.54, 1.807) is 6.92 Å². The van der Waals surface area contributed by atoms with Crippen LogP contribution in [-0.2, 0) is 12.1 Å². The molecule has 0 spiro atoms. The molecule has 0 saturated heterocycles. The van der Waals surface area contributed by atoms with Gasteiger partial charge in [-0.1, -0.05) is 19.1 Å². The van der Waals surface area contributed by atoms with Gasteiger partial charge in [0.25, 0.3) is 0 Å². The van der Waals surface area contributed by atoms with Gasteiger partial charge in [0, 0.05) is 17.5 Å². The van der Waals surface area contributed by atoms with Crippen LogP contribution in [0.15, 0.2) is 43.5 Å². The van der Waals surface area contributed by atoms with E-state index in [1.807, 2.05) is 0 Å². The summed E-state index contributed by atoms with van der Waals surface area (Å²) in [6, 6.07) is 3.10. The van der Waals surface area contributed by atoms with Gasteiger partial charge in [-0.2, -0.15) is 5.10 Å². The van der Waals surface area contributed by atoms with Crippen LogP contribution in [0.25, 0.3) is 0 Å². The number of hydrogen-bond donors (Lipinski definition) is 1. The summed E-state index contributed by atoms with van der Waals surface area (Å²) in [6.07, 6.45) is 4.25. The van der Waals surface area contributed by atoms with Crippen molar-refractivity contribution in [2.24, 2.45) is 5.92 Å². The Labute approximate surface area is 115 Å². The van der Waals surface area contributed by atoms with E-state index in [0.717, 1.165) is 12.1 Å². The van der Waals surface area contributed by atoms with Crippen molar-refractivity contribution in [2.75, 3.05) is 0 Å². The Morgan fingerprint density at radius 3 is 2.80 bits per heavy atom. The molecule has 1 aromatic heterocycles. The van der Waals surface area contributed by atoms with E-state index >= 15 is 0 Å². The number of rotatable bonds is 5. The SMILES string of the molecule is C=C[C@@H](C)C(O)(Cn1cncn1)c1ccc(F)cc1F. The third-order valence-electron chi connectivity index (χ3n) is 3.37. The smallest absolute Gasteiger partial charge is 0.137 e. The standard InChI is InChI=1S/C14H15F2N3O/c1-3-10(2)14(20,7-19-9-17-8-18-19)12-5-4-11(15)6-13(12)16/h3-6,8-10,20H,1,7H2,2H3/t10-,14?/m1/s1. The van der Waals surface area contributed by atoms with Crippen LogP contribution in [0.2, 0.25) is 0 Å². The van der Waals surface area contributed by atoms with E-state index in [0.29, 0.717) is 0 Å². The first kappa shape index (κ1) is 14.3. The number of hydrogen-bond acceptors (Lipinski definition) is 3. The summed E-state index contributed by atoms with van der Waals surface area (Å²) in [5.74, 6) is -1.96. The third kappa shape index (κ3) is 2.60. The van der Waals surface area contributed by atoms with Crippen LogP contribution in [0.5, 0.6) is 0 Å². The maximum atomic E-state index is 14.0. The van der Waals surface area contributed by atoms with E-state index in [4.69, 9.17) is 0 Å². The van der Waals surface area contributed by atoms with Crippen LogP contribution in [0.1, 0.15) is 12.5 Å². The highest BCUT2D eigenvalue weighted by molar-refractivity contribution is 5.27. The quantitative estimate of drug-likeness (QED) is 0.854. The Hall–Kier alpha value is -2.08. The molecular weight excluding hydrogens is 264 g/mol. The molecule has 0 aliphatic rings. The van der Waals surface area contributed by atoms with Gasteiger partial charge in [-0.05, 0) is 6.07 Å². The van der Waals surface area contributed by atoms with Crippen molar-refractivity contribution in [3.05, 3.63) is 60.7 Å². The number of aromatic nitrogens is 3. The minimum atomic E-state index is -1.59. The van der Waals surface area contributed by atoms with Gasteiger partial charge in [0.05, 0.1) is 6.54 Å². The third-order valence-corrected chi connectivity index (χ3v) is 3.37. The van der Waals surface area contributed by atoms with E-state index in [9.17, 15) is 13.9 Å². The van der Waals surface area contributed by atoms with E-state index in [2.05, 4.69) is 16.7 Å². The molecule has 2 rings (SSSR count). The molecule has 0 aliphatic carbocycles. The van der Waals surface area contributed by atoms with Crippen LogP contribution in [0.4, 0.5) is 8.78 Å². The first-order valence-corrected chi connectivity index (χ1v) is 6.10. The topological polar surface area (TPSA) is 50.9 Å². The highest BCUT2D eigenvalue weighted by Crippen LogP contribution is 2.34. The largest absolute Gasteiger partial charge is 0.382 e. The van der Waals surface area contributed by atoms with Gasteiger partial charge >= 0.3 is 0 Å². The molecule has 1 unspecified atom stereocenters. The molecule has 1 heterocycles. The molecular formula is C14H15F2N3O. The molecule has 2 atom stereocenters. The fourth-order valence-corrected chi connectivity index (χ4v) is 2.07. The zero-order chi connectivity index (χ0) is 14.8. The van der Waals surface area contributed by atoms with Gasteiger partial charge in [0.15, 0.2) is 0 Å². The van der Waals surface area contributed by atoms with Crippen molar-refractivity contribution in [3.63, 3.8) is 0 Å². The fourth-order valence-electron chi connectivity index (χ4n) is 2.07. The summed E-state index contributed by atoms with van der Waals surface area (Å²) in [4.78, 5) is 3.78. The van der Waals surface area contributed by atoms with E-state index in [1.165, 1.54) is 29.5 Å². The second-order valence-electron chi connectivity index (χ2n) is 4.67. The fraction of sp³-hybridized carbons (Fsp3) is 0.286. The van der Waals surface area contributed by atoms with Gasteiger partial charge in [-0.15, -0.1) is 6.58 Å². The number of aliphatic hydroxyl groups is 1. The van der Waals surface area contributed by atoms with Crippen LogP contribution in [0, 0.1) is 17.6 Å². The Morgan fingerprint density at radius 1 is 1.50 bits per heavy atom. The lowest BCUT2D eigenvalue weighted by Crippen LogP contribution is -2.38. The summed E-state index contributed by atoms with van der Waals surface area (Å²) in [6.45, 7) is 5.32. The molecule has 20 heavy (non-hydrogen) atoms. The molecule has 0 radical (unpaired) electrons. The molecule has 0 saturated carbocycles. The molecule has 0 aliphatic heterocycles. The van der Waals surface area contributed by atoms with Gasteiger partial charge in [0.2, 0.25) is 0 Å². The molecule has 0 amide bonds. The van der Waals surface area contributed by atoms with E-state index < -0.39 is 23.2 Å². The number of nitrogens with zero attached hydrogens (tertiary/aromatic N) is 3. The second-order valence-corrected chi connectivity index (χ2v) is 4.67. The monoisotopic (exact) mass is 279 g/mol. The van der Waals surface area contributed by atoms with Gasteiger partial charge in [0.1, 0.15) is 29.9 Å². The van der Waals surface area contributed by atoms with Crippen molar-refractivity contribution in [1.29, 1.82) is 0 Å². The second kappa shape index (κ2) is 5.50. The molecule has 4 nitrogen and oxygen atoms in total. The lowest BCUT2D eigenvalue weighted by molar-refractivity contribution is -0.0222. The van der Waals surface area contributed by atoms with Crippen LogP contribution in [0.3, 0.4) is 0 Å². The Balaban J connectivity index is 2.48. The Kier molecular flexibility index (Phi) is 3.94. The van der Waals surface area contributed by atoms with Gasteiger partial charge in [-0.25, -0.2) is 18.4 Å². The van der Waals surface area contributed by atoms with E-state index in [-0.39, 0.29) is 12.1 Å². The summed E-state index contributed by atoms with van der Waals surface area (Å²) in [5.41, 5.74) is -1.59. The van der Waals surface area contributed by atoms with Crippen LogP contribution < -0.4 is 0 Å². The van der Waals surface area contributed by atoms with Crippen LogP contribution >= 0.6 is 0 Å². The molecule has 1 N–H and O–H groups in total. The molecule has 6 heteroatoms. The zero-order valence-corrected chi connectivity index (χ0v) is 11.0. The summed E-state index contributed by atoms with van der Waals surface area (Å²) < 4.78 is 28.4. The summed E-state index contributed by atoms with van der Waals surface area (Å²) in [7, 11) is 0. The highest BCUT2D eigenvalue weighted by atomic mass is 19.1. The first-order chi connectivity index (χ1) is 9.47. The predicted molar refractivity (Wildman–Crippen MR) is 69.6 cm³/mol. The highest BCUT2D eigenvalue weighted by Gasteiger charge is 2.37. The first-order valence-electron chi connectivity index (χ1n) is 6.10. The van der Waals surface area contributed by atoms with Crippen molar-refractivity contribution >= 4 is 0 Å².